The second-order valence-corrected chi connectivity index (χ2v) is 5.05. The first kappa shape index (κ1) is 13.3. The van der Waals surface area contributed by atoms with Crippen molar-refractivity contribution in [2.75, 3.05) is 0 Å². The number of nitrogens with one attached hydrogen (secondary N) is 1. The number of hydrogen-bond acceptors (Lipinski definition) is 4. The van der Waals surface area contributed by atoms with Gasteiger partial charge in [0.1, 0.15) is 0 Å². The summed E-state index contributed by atoms with van der Waals surface area (Å²) in [6.45, 7) is 0. The molecule has 0 spiro atoms. The van der Waals surface area contributed by atoms with Crippen LogP contribution in [0.25, 0.3) is 34.0 Å². The van der Waals surface area contributed by atoms with Crippen LogP contribution in [0.3, 0.4) is 0 Å². The van der Waals surface area contributed by atoms with Gasteiger partial charge in [-0.1, -0.05) is 30.3 Å². The molecule has 0 atom stereocenters. The number of aromatic amines is 1. The highest BCUT2D eigenvalue weighted by molar-refractivity contribution is 5.64. The molecule has 0 radical (unpaired) electrons. The first-order valence-electron chi connectivity index (χ1n) is 7.25. The minimum atomic E-state index is 0.625. The van der Waals surface area contributed by atoms with E-state index in [4.69, 9.17) is 0 Å². The van der Waals surface area contributed by atoms with E-state index in [1.165, 1.54) is 0 Å². The molecular formula is C18H13N5. The van der Waals surface area contributed by atoms with Gasteiger partial charge in [0.25, 0.3) is 0 Å². The van der Waals surface area contributed by atoms with E-state index >= 15 is 0 Å². The van der Waals surface area contributed by atoms with Crippen LogP contribution in [0.5, 0.6) is 0 Å². The smallest absolute Gasteiger partial charge is 0.183 e. The molecule has 0 fully saturated rings. The van der Waals surface area contributed by atoms with Crippen molar-refractivity contribution in [2.24, 2.45) is 0 Å². The van der Waals surface area contributed by atoms with Crippen LogP contribution in [0.2, 0.25) is 0 Å². The zero-order valence-corrected chi connectivity index (χ0v) is 12.2. The summed E-state index contributed by atoms with van der Waals surface area (Å²) in [4.78, 5) is 13.1. The Balaban J connectivity index is 1.63. The van der Waals surface area contributed by atoms with Gasteiger partial charge < -0.3 is 0 Å². The number of H-pyrrole nitrogens is 1. The molecule has 0 aliphatic heterocycles. The standard InChI is InChI=1S/C18H13N5/c1-2-5-13(6-3-1)16-9-8-15(12-20-16)18-21-17(22-23-18)14-7-4-10-19-11-14/h1-12H,(H,21,22,23). The Bertz CT molecular complexity index is 899. The molecule has 0 aliphatic carbocycles. The van der Waals surface area contributed by atoms with E-state index in [9.17, 15) is 0 Å². The van der Waals surface area contributed by atoms with Gasteiger partial charge in [-0.3, -0.25) is 15.1 Å². The molecule has 5 nitrogen and oxygen atoms in total. The molecule has 3 heterocycles. The molecule has 0 aliphatic rings. The molecule has 0 saturated carbocycles. The van der Waals surface area contributed by atoms with Gasteiger partial charge in [0, 0.05) is 35.3 Å². The number of nitrogens with zero attached hydrogens (tertiary/aromatic N) is 4. The van der Waals surface area contributed by atoms with Crippen molar-refractivity contribution in [3.8, 4) is 34.0 Å². The average molecular weight is 299 g/mol. The zero-order valence-electron chi connectivity index (χ0n) is 12.2. The normalized spacial score (nSPS) is 10.6. The lowest BCUT2D eigenvalue weighted by molar-refractivity contribution is 1.09. The topological polar surface area (TPSA) is 67.3 Å². The molecular weight excluding hydrogens is 286 g/mol. The van der Waals surface area contributed by atoms with Crippen molar-refractivity contribution >= 4 is 0 Å². The molecule has 4 aromatic rings. The third-order valence-corrected chi connectivity index (χ3v) is 3.51. The van der Waals surface area contributed by atoms with Crippen molar-refractivity contribution in [3.05, 3.63) is 73.2 Å². The van der Waals surface area contributed by atoms with E-state index < -0.39 is 0 Å². The first-order chi connectivity index (χ1) is 11.4. The summed E-state index contributed by atoms with van der Waals surface area (Å²) in [5.41, 5.74) is 3.80. The molecule has 4 rings (SSSR count). The van der Waals surface area contributed by atoms with Crippen LogP contribution < -0.4 is 0 Å². The van der Waals surface area contributed by atoms with Crippen LogP contribution in [-0.2, 0) is 0 Å². The number of rotatable bonds is 3. The monoisotopic (exact) mass is 299 g/mol. The van der Waals surface area contributed by atoms with Crippen LogP contribution >= 0.6 is 0 Å². The van der Waals surface area contributed by atoms with Gasteiger partial charge in [0.2, 0.25) is 0 Å². The molecule has 0 unspecified atom stereocenters. The van der Waals surface area contributed by atoms with Crippen LogP contribution in [0.4, 0.5) is 0 Å². The SMILES string of the molecule is c1ccc(-c2ccc(-c3nc(-c4cccnc4)n[nH]3)cn2)cc1. The number of benzene rings is 1. The maximum absolute atomic E-state index is 4.51. The molecule has 110 valence electrons. The maximum Gasteiger partial charge on any atom is 0.183 e. The number of hydrogen-bond donors (Lipinski definition) is 1. The van der Waals surface area contributed by atoms with Gasteiger partial charge in [0.05, 0.1) is 5.69 Å². The average Bonchev–Trinajstić information content (AvgIpc) is 3.14. The number of pyridine rings is 2. The molecule has 1 N–H and O–H groups in total. The molecule has 3 aromatic heterocycles. The zero-order chi connectivity index (χ0) is 15.5. The Labute approximate surface area is 133 Å². The number of aromatic nitrogens is 5. The molecule has 5 heteroatoms. The summed E-state index contributed by atoms with van der Waals surface area (Å²) < 4.78 is 0. The Hall–Kier alpha value is -3.34. The maximum atomic E-state index is 4.51. The van der Waals surface area contributed by atoms with Gasteiger partial charge in [-0.15, -0.1) is 0 Å². The van der Waals surface area contributed by atoms with Gasteiger partial charge in [-0.2, -0.15) is 5.10 Å². The molecule has 0 amide bonds. The van der Waals surface area contributed by atoms with Crippen molar-refractivity contribution in [1.82, 2.24) is 25.1 Å². The summed E-state index contributed by atoms with van der Waals surface area (Å²) in [5.74, 6) is 1.32. The highest BCUT2D eigenvalue weighted by Gasteiger charge is 2.08. The van der Waals surface area contributed by atoms with Crippen LogP contribution in [0, 0.1) is 0 Å². The van der Waals surface area contributed by atoms with E-state index in [1.807, 2.05) is 54.6 Å². The van der Waals surface area contributed by atoms with Gasteiger partial charge in [0.15, 0.2) is 11.6 Å². The predicted octanol–water partition coefficient (Wildman–Crippen LogP) is 3.60. The highest BCUT2D eigenvalue weighted by atomic mass is 15.2. The largest absolute Gasteiger partial charge is 0.264 e. The van der Waals surface area contributed by atoms with Crippen molar-refractivity contribution in [2.45, 2.75) is 0 Å². The quantitative estimate of drug-likeness (QED) is 0.627. The second-order valence-electron chi connectivity index (χ2n) is 5.05. The lowest BCUT2D eigenvalue weighted by atomic mass is 10.1. The summed E-state index contributed by atoms with van der Waals surface area (Å²) in [7, 11) is 0. The fourth-order valence-corrected chi connectivity index (χ4v) is 2.33. The Morgan fingerprint density at radius 3 is 2.35 bits per heavy atom. The van der Waals surface area contributed by atoms with Crippen LogP contribution in [0.1, 0.15) is 0 Å². The third-order valence-electron chi connectivity index (χ3n) is 3.51. The van der Waals surface area contributed by atoms with E-state index in [1.54, 1.807) is 18.6 Å². The van der Waals surface area contributed by atoms with Gasteiger partial charge in [-0.05, 0) is 24.3 Å². The first-order valence-corrected chi connectivity index (χ1v) is 7.25. The third kappa shape index (κ3) is 2.72. The highest BCUT2D eigenvalue weighted by Crippen LogP contribution is 2.21. The van der Waals surface area contributed by atoms with Crippen molar-refractivity contribution < 1.29 is 0 Å². The molecule has 0 saturated heterocycles. The van der Waals surface area contributed by atoms with E-state index in [0.29, 0.717) is 11.6 Å². The van der Waals surface area contributed by atoms with Crippen molar-refractivity contribution in [1.29, 1.82) is 0 Å². The molecule has 0 bridgehead atoms. The lowest BCUT2D eigenvalue weighted by Gasteiger charge is -2.01. The Morgan fingerprint density at radius 1 is 0.739 bits per heavy atom. The van der Waals surface area contributed by atoms with E-state index in [0.717, 1.165) is 22.4 Å². The van der Waals surface area contributed by atoms with E-state index in [2.05, 4.69) is 25.1 Å². The fourth-order valence-electron chi connectivity index (χ4n) is 2.33. The predicted molar refractivity (Wildman–Crippen MR) is 88.3 cm³/mol. The minimum Gasteiger partial charge on any atom is -0.264 e. The van der Waals surface area contributed by atoms with E-state index in [-0.39, 0.29) is 0 Å². The van der Waals surface area contributed by atoms with Gasteiger partial charge >= 0.3 is 0 Å². The van der Waals surface area contributed by atoms with Crippen molar-refractivity contribution in [3.63, 3.8) is 0 Å². The molecule has 23 heavy (non-hydrogen) atoms. The summed E-state index contributed by atoms with van der Waals surface area (Å²) in [5, 5.41) is 7.19. The second kappa shape index (κ2) is 5.81. The van der Waals surface area contributed by atoms with Gasteiger partial charge in [-0.25, -0.2) is 4.98 Å². The minimum absolute atomic E-state index is 0.625. The summed E-state index contributed by atoms with van der Waals surface area (Å²) >= 11 is 0. The Kier molecular flexibility index (Phi) is 3.37. The lowest BCUT2D eigenvalue weighted by Crippen LogP contribution is -1.86. The van der Waals surface area contributed by atoms with Crippen LogP contribution in [0.15, 0.2) is 73.2 Å². The summed E-state index contributed by atoms with van der Waals surface area (Å²) in [6, 6.07) is 17.8. The molecule has 1 aromatic carbocycles. The summed E-state index contributed by atoms with van der Waals surface area (Å²) in [6.07, 6.45) is 5.27. The Morgan fingerprint density at radius 2 is 1.61 bits per heavy atom. The fraction of sp³-hybridized carbons (Fsp3) is 0. The van der Waals surface area contributed by atoms with Crippen LogP contribution in [-0.4, -0.2) is 25.1 Å².